The molecular formula is C36H38N8O4S. The fraction of sp³-hybridized carbons (Fsp3) is 0.333. The van der Waals surface area contributed by atoms with E-state index in [0.717, 1.165) is 34.4 Å². The summed E-state index contributed by atoms with van der Waals surface area (Å²) < 4.78 is 7.67. The number of hydrogen-bond donors (Lipinski definition) is 2. The zero-order valence-electron chi connectivity index (χ0n) is 28.3. The van der Waals surface area contributed by atoms with E-state index in [9.17, 15) is 14.4 Å². The Kier molecular flexibility index (Phi) is 8.10. The van der Waals surface area contributed by atoms with Crippen LogP contribution in [0.25, 0.3) is 16.1 Å². The molecule has 1 aliphatic heterocycles. The van der Waals surface area contributed by atoms with Crippen molar-refractivity contribution in [2.75, 3.05) is 38.4 Å². The lowest BCUT2D eigenvalue weighted by molar-refractivity contribution is -0.117. The molecule has 49 heavy (non-hydrogen) atoms. The Balaban J connectivity index is 1.22. The molecule has 1 aliphatic carbocycles. The average Bonchev–Trinajstić information content (AvgIpc) is 3.71. The van der Waals surface area contributed by atoms with Crippen LogP contribution in [0.5, 0.6) is 5.75 Å². The zero-order chi connectivity index (χ0) is 34.6. The van der Waals surface area contributed by atoms with E-state index in [4.69, 9.17) is 4.74 Å². The third-order valence-corrected chi connectivity index (χ3v) is 10.3. The number of benzene rings is 1. The Morgan fingerprint density at radius 1 is 1.10 bits per heavy atom. The van der Waals surface area contributed by atoms with Crippen LogP contribution in [-0.4, -0.2) is 74.9 Å². The number of carbonyl (C=O) groups excluding carboxylic acids is 3. The highest BCUT2D eigenvalue weighted by Gasteiger charge is 2.41. The summed E-state index contributed by atoms with van der Waals surface area (Å²) in [6.07, 6.45) is 5.18. The van der Waals surface area contributed by atoms with Crippen molar-refractivity contribution >= 4 is 51.9 Å². The number of aromatic nitrogens is 4. The summed E-state index contributed by atoms with van der Waals surface area (Å²) in [4.78, 5) is 53.2. The SMILES string of the molecule is COc1c(Nc2cc(NC(=O)C3CC3)nn3ccnc23)cccc1-c1sc2c(c1C)C(C)(C)CN(Cc1cccc(C(=O)N(C)C)n1)C2=O. The monoisotopic (exact) mass is 678 g/mol. The van der Waals surface area contributed by atoms with Gasteiger partial charge in [-0.1, -0.05) is 26.0 Å². The minimum Gasteiger partial charge on any atom is -0.494 e. The molecule has 252 valence electrons. The van der Waals surface area contributed by atoms with E-state index in [-0.39, 0.29) is 29.1 Å². The lowest BCUT2D eigenvalue weighted by Gasteiger charge is -2.38. The Labute approximate surface area is 288 Å². The number of methoxy groups -OCH3 is 1. The minimum atomic E-state index is -0.340. The normalized spacial score (nSPS) is 15.2. The highest BCUT2D eigenvalue weighted by Crippen LogP contribution is 2.49. The van der Waals surface area contributed by atoms with Crippen molar-refractivity contribution in [3.8, 4) is 16.2 Å². The second-order valence-electron chi connectivity index (χ2n) is 13.4. The number of fused-ring (bicyclic) bond motifs is 2. The first-order valence-corrected chi connectivity index (χ1v) is 17.0. The minimum absolute atomic E-state index is 0.0325. The molecule has 5 heterocycles. The van der Waals surface area contributed by atoms with Crippen LogP contribution in [-0.2, 0) is 16.8 Å². The zero-order valence-corrected chi connectivity index (χ0v) is 29.1. The largest absolute Gasteiger partial charge is 0.494 e. The van der Waals surface area contributed by atoms with Crippen LogP contribution in [0.15, 0.2) is 54.9 Å². The van der Waals surface area contributed by atoms with Gasteiger partial charge in [-0.15, -0.1) is 16.4 Å². The lowest BCUT2D eigenvalue weighted by atomic mass is 9.78. The van der Waals surface area contributed by atoms with Gasteiger partial charge in [-0.05, 0) is 55.2 Å². The number of para-hydroxylation sites is 1. The first kappa shape index (κ1) is 32.3. The Hall–Kier alpha value is -5.30. The van der Waals surface area contributed by atoms with Gasteiger partial charge in [0.15, 0.2) is 17.2 Å². The van der Waals surface area contributed by atoms with Gasteiger partial charge < -0.3 is 25.2 Å². The summed E-state index contributed by atoms with van der Waals surface area (Å²) in [7, 11) is 5.01. The van der Waals surface area contributed by atoms with Crippen LogP contribution < -0.4 is 15.4 Å². The predicted octanol–water partition coefficient (Wildman–Crippen LogP) is 5.90. The maximum Gasteiger partial charge on any atom is 0.271 e. The molecule has 0 bridgehead atoms. The number of hydrogen-bond acceptors (Lipinski definition) is 9. The topological polar surface area (TPSA) is 134 Å². The fourth-order valence-corrected chi connectivity index (χ4v) is 8.05. The van der Waals surface area contributed by atoms with Crippen LogP contribution in [0.2, 0.25) is 0 Å². The molecule has 2 N–H and O–H groups in total. The van der Waals surface area contributed by atoms with Crippen LogP contribution in [0.1, 0.15) is 63.7 Å². The van der Waals surface area contributed by atoms with Crippen molar-refractivity contribution in [3.63, 3.8) is 0 Å². The standard InChI is InChI=1S/C36H38N8O4S/c1-20-28-31(35(47)43(19-36(28,2)3)18-22-9-7-12-25(38-22)34(46)42(4)5)49-30(20)23-10-8-11-24(29(23)48-6)39-26-17-27(40-33(45)21-13-14-21)41-44-16-15-37-32(26)44/h7-12,15-17,21,39H,13-14,18-19H2,1-6H3,(H,40,41,45). The number of ether oxygens (including phenoxy) is 1. The van der Waals surface area contributed by atoms with Gasteiger partial charge in [-0.2, -0.15) is 0 Å². The number of rotatable bonds is 9. The second-order valence-corrected chi connectivity index (χ2v) is 14.5. The smallest absolute Gasteiger partial charge is 0.271 e. The van der Waals surface area contributed by atoms with Crippen molar-refractivity contribution in [3.05, 3.63) is 82.3 Å². The number of carbonyl (C=O) groups is 3. The van der Waals surface area contributed by atoms with Gasteiger partial charge in [0.2, 0.25) is 5.91 Å². The Morgan fingerprint density at radius 2 is 1.88 bits per heavy atom. The van der Waals surface area contributed by atoms with E-state index < -0.39 is 0 Å². The van der Waals surface area contributed by atoms with Crippen molar-refractivity contribution in [1.82, 2.24) is 29.4 Å². The maximum absolute atomic E-state index is 14.1. The third kappa shape index (κ3) is 5.99. The molecule has 0 spiro atoms. The number of thiophene rings is 1. The van der Waals surface area contributed by atoms with Crippen LogP contribution >= 0.6 is 11.3 Å². The number of imidazole rings is 1. The molecule has 0 atom stereocenters. The molecule has 0 saturated heterocycles. The molecule has 0 radical (unpaired) electrons. The van der Waals surface area contributed by atoms with Gasteiger partial charge in [-0.3, -0.25) is 14.4 Å². The second kappa shape index (κ2) is 12.3. The summed E-state index contributed by atoms with van der Waals surface area (Å²) in [6, 6.07) is 13.0. The summed E-state index contributed by atoms with van der Waals surface area (Å²) in [5.41, 5.74) is 5.54. The van der Waals surface area contributed by atoms with Crippen LogP contribution in [0, 0.1) is 12.8 Å². The molecule has 5 aromatic rings. The van der Waals surface area contributed by atoms with Crippen molar-refractivity contribution in [1.29, 1.82) is 0 Å². The maximum atomic E-state index is 14.1. The number of amides is 3. The van der Waals surface area contributed by atoms with Gasteiger partial charge in [0.25, 0.3) is 11.8 Å². The third-order valence-electron chi connectivity index (χ3n) is 8.97. The van der Waals surface area contributed by atoms with E-state index in [0.29, 0.717) is 57.9 Å². The Morgan fingerprint density at radius 3 is 2.61 bits per heavy atom. The summed E-state index contributed by atoms with van der Waals surface area (Å²) in [5, 5.41) is 10.9. The predicted molar refractivity (Wildman–Crippen MR) is 189 cm³/mol. The molecule has 4 aromatic heterocycles. The van der Waals surface area contributed by atoms with Crippen LogP contribution in [0.4, 0.5) is 17.2 Å². The van der Waals surface area contributed by atoms with Gasteiger partial charge in [0.1, 0.15) is 5.69 Å². The summed E-state index contributed by atoms with van der Waals surface area (Å²) >= 11 is 1.46. The molecule has 13 heteroatoms. The van der Waals surface area contributed by atoms with E-state index in [1.54, 1.807) is 56.3 Å². The van der Waals surface area contributed by atoms with Crippen molar-refractivity contribution < 1.29 is 19.1 Å². The molecule has 2 aliphatic rings. The quantitative estimate of drug-likeness (QED) is 0.197. The highest BCUT2D eigenvalue weighted by atomic mass is 32.1. The highest BCUT2D eigenvalue weighted by molar-refractivity contribution is 7.18. The lowest BCUT2D eigenvalue weighted by Crippen LogP contribution is -2.45. The van der Waals surface area contributed by atoms with Crippen LogP contribution in [0.3, 0.4) is 0 Å². The molecular weight excluding hydrogens is 641 g/mol. The number of pyridine rings is 1. The molecule has 12 nitrogen and oxygen atoms in total. The number of nitrogens with one attached hydrogen (secondary N) is 2. The van der Waals surface area contributed by atoms with E-state index in [1.165, 1.54) is 16.2 Å². The molecule has 1 saturated carbocycles. The number of anilines is 3. The number of nitrogens with zero attached hydrogens (tertiary/aromatic N) is 6. The molecule has 3 amide bonds. The molecule has 1 aromatic carbocycles. The first-order chi connectivity index (χ1) is 23.4. The average molecular weight is 679 g/mol. The molecule has 0 unspecified atom stereocenters. The van der Waals surface area contributed by atoms with Gasteiger partial charge in [-0.25, -0.2) is 14.5 Å². The summed E-state index contributed by atoms with van der Waals surface area (Å²) in [5.74, 6) is 0.805. The van der Waals surface area contributed by atoms with E-state index in [2.05, 4.69) is 46.5 Å². The van der Waals surface area contributed by atoms with E-state index >= 15 is 0 Å². The molecule has 7 rings (SSSR count). The van der Waals surface area contributed by atoms with Gasteiger partial charge in [0.05, 0.1) is 35.6 Å². The first-order valence-electron chi connectivity index (χ1n) is 16.2. The van der Waals surface area contributed by atoms with Gasteiger partial charge >= 0.3 is 0 Å². The van der Waals surface area contributed by atoms with Crippen molar-refractivity contribution in [2.45, 2.75) is 45.6 Å². The van der Waals surface area contributed by atoms with Gasteiger partial charge in [0, 0.05) is 60.9 Å². The fourth-order valence-electron chi connectivity index (χ4n) is 6.57. The Bertz CT molecular complexity index is 2130. The molecule has 1 fully saturated rings. The summed E-state index contributed by atoms with van der Waals surface area (Å²) in [6.45, 7) is 7.18. The van der Waals surface area contributed by atoms with Crippen molar-refractivity contribution in [2.24, 2.45) is 5.92 Å². The van der Waals surface area contributed by atoms with E-state index in [1.807, 2.05) is 29.2 Å².